The van der Waals surface area contributed by atoms with Crippen LogP contribution in [0.15, 0.2) is 98.1 Å². The second-order valence-electron chi connectivity index (χ2n) is 15.4. The van der Waals surface area contributed by atoms with E-state index in [0.29, 0.717) is 57.7 Å². The second kappa shape index (κ2) is 20.3. The van der Waals surface area contributed by atoms with E-state index in [1.54, 1.807) is 62.0 Å². The van der Waals surface area contributed by atoms with Crippen LogP contribution in [0.2, 0.25) is 5.28 Å². The number of nitrogens with two attached hydrogens (primary N) is 1. The standard InChI is InChI=1S/C23H21F2N7O2.C13H10ClF2N3O.C10H12N4O/c1-13-10-32(12-27-13)17-4-5-20(28-22(17)33-3)29-23-26-9-19-21(30-23)31(2)18(11-34-19)14-6-15(24)8-16(25)7-14;1-19-10(7-2-8(15)4-9(16)3-7)6-20-11-5-17-13(14)18-12(11)19;1-7-5-14(6-12-7)8-3-4-9(11)13-10(8)15-2/h4-10,12,18H,11H2,1-3H3,(H,26,28,29,30);2-5,10H,6H2,1H3;3-6H,1-2H3,(H2,11,13). The third kappa shape index (κ3) is 10.8. The zero-order valence-corrected chi connectivity index (χ0v) is 38.5. The predicted octanol–water partition coefficient (Wildman–Crippen LogP) is 8.11. The van der Waals surface area contributed by atoms with E-state index >= 15 is 0 Å². The van der Waals surface area contributed by atoms with Crippen molar-refractivity contribution in [3.63, 3.8) is 0 Å². The first-order valence-electron chi connectivity index (χ1n) is 20.8. The van der Waals surface area contributed by atoms with Crippen LogP contribution >= 0.6 is 11.6 Å². The first-order valence-corrected chi connectivity index (χ1v) is 21.2. The van der Waals surface area contributed by atoms with Crippen LogP contribution in [0.5, 0.6) is 23.3 Å². The highest BCUT2D eigenvalue weighted by atomic mass is 35.5. The van der Waals surface area contributed by atoms with Crippen LogP contribution in [0.1, 0.15) is 34.6 Å². The number of anilines is 5. The van der Waals surface area contributed by atoms with Gasteiger partial charge in [-0.1, -0.05) is 0 Å². The Hall–Kier alpha value is -8.27. The summed E-state index contributed by atoms with van der Waals surface area (Å²) < 4.78 is 79.7. The van der Waals surface area contributed by atoms with Gasteiger partial charge in [0.05, 0.1) is 62.7 Å². The molecule has 6 aromatic heterocycles. The van der Waals surface area contributed by atoms with Gasteiger partial charge in [-0.25, -0.2) is 37.5 Å². The Balaban J connectivity index is 0.000000155. The van der Waals surface area contributed by atoms with Gasteiger partial charge in [0.25, 0.3) is 0 Å². The molecule has 356 valence electrons. The van der Waals surface area contributed by atoms with Gasteiger partial charge in [-0.2, -0.15) is 19.9 Å². The average molecular weight is 967 g/mol. The van der Waals surface area contributed by atoms with Crippen molar-refractivity contribution in [1.82, 2.24) is 49.0 Å². The molecule has 0 bridgehead atoms. The average Bonchev–Trinajstić information content (AvgIpc) is 3.96. The highest BCUT2D eigenvalue weighted by Crippen LogP contribution is 2.39. The van der Waals surface area contributed by atoms with Crippen molar-refractivity contribution in [3.8, 4) is 34.6 Å². The first-order chi connectivity index (χ1) is 33.2. The quantitative estimate of drug-likeness (QED) is 0.109. The van der Waals surface area contributed by atoms with Crippen LogP contribution in [-0.4, -0.2) is 90.5 Å². The fourth-order valence-electron chi connectivity index (χ4n) is 7.37. The molecule has 10 rings (SSSR count). The Morgan fingerprint density at radius 1 is 0.638 bits per heavy atom. The Morgan fingerprint density at radius 3 is 1.61 bits per heavy atom. The number of hydrogen-bond donors (Lipinski definition) is 2. The van der Waals surface area contributed by atoms with E-state index in [-0.39, 0.29) is 30.5 Å². The molecular weight excluding hydrogens is 924 g/mol. The minimum atomic E-state index is -0.645. The van der Waals surface area contributed by atoms with Crippen molar-refractivity contribution in [2.75, 3.05) is 62.4 Å². The molecule has 8 heterocycles. The van der Waals surface area contributed by atoms with Crippen molar-refractivity contribution in [2.24, 2.45) is 0 Å². The lowest BCUT2D eigenvalue weighted by Gasteiger charge is -2.35. The highest BCUT2D eigenvalue weighted by Gasteiger charge is 2.30. The molecule has 2 unspecified atom stereocenters. The number of benzene rings is 2. The van der Waals surface area contributed by atoms with Gasteiger partial charge in [0, 0.05) is 38.6 Å². The molecule has 2 atom stereocenters. The van der Waals surface area contributed by atoms with Crippen molar-refractivity contribution in [1.29, 1.82) is 0 Å². The Bertz CT molecular complexity index is 3080. The van der Waals surface area contributed by atoms with Gasteiger partial charge in [0.1, 0.15) is 59.5 Å². The van der Waals surface area contributed by atoms with E-state index < -0.39 is 29.3 Å². The molecule has 0 saturated carbocycles. The summed E-state index contributed by atoms with van der Waals surface area (Å²) in [6.45, 7) is 4.28. The molecule has 0 saturated heterocycles. The summed E-state index contributed by atoms with van der Waals surface area (Å²) in [6.07, 6.45) is 10.2. The van der Waals surface area contributed by atoms with Crippen molar-refractivity contribution < 1.29 is 36.5 Å². The van der Waals surface area contributed by atoms with Gasteiger partial charge in [-0.3, -0.25) is 0 Å². The molecule has 23 heteroatoms. The molecule has 69 heavy (non-hydrogen) atoms. The topological polar surface area (TPSA) is 194 Å². The molecule has 0 spiro atoms. The van der Waals surface area contributed by atoms with E-state index in [2.05, 4.69) is 45.2 Å². The maximum atomic E-state index is 13.8. The Morgan fingerprint density at radius 2 is 1.12 bits per heavy atom. The summed E-state index contributed by atoms with van der Waals surface area (Å²) >= 11 is 5.76. The summed E-state index contributed by atoms with van der Waals surface area (Å²) in [6, 6.07) is 13.2. The number of likely N-dealkylation sites (N-methyl/N-ethyl adjacent to an activating group) is 2. The highest BCUT2D eigenvalue weighted by molar-refractivity contribution is 6.28. The molecule has 2 aliphatic heterocycles. The van der Waals surface area contributed by atoms with E-state index in [4.69, 9.17) is 36.3 Å². The lowest BCUT2D eigenvalue weighted by Crippen LogP contribution is -2.34. The van der Waals surface area contributed by atoms with Gasteiger partial charge in [0.15, 0.2) is 23.1 Å². The fraction of sp³-hybridized carbons (Fsp3) is 0.217. The van der Waals surface area contributed by atoms with Crippen molar-refractivity contribution >= 4 is 40.8 Å². The number of pyridine rings is 2. The number of halogens is 5. The number of aromatic nitrogens is 10. The predicted molar refractivity (Wildman–Crippen MR) is 248 cm³/mol. The third-order valence-electron chi connectivity index (χ3n) is 10.7. The second-order valence-corrected chi connectivity index (χ2v) is 15.8. The van der Waals surface area contributed by atoms with Gasteiger partial charge in [-0.15, -0.1) is 0 Å². The van der Waals surface area contributed by atoms with Crippen LogP contribution in [0.25, 0.3) is 11.4 Å². The van der Waals surface area contributed by atoms with Gasteiger partial charge >= 0.3 is 0 Å². The number of rotatable bonds is 8. The fourth-order valence-corrected chi connectivity index (χ4v) is 7.50. The number of aryl methyl sites for hydroxylation is 2. The number of nitrogen functional groups attached to an aromatic ring is 1. The number of hydrogen-bond acceptors (Lipinski definition) is 16. The van der Waals surface area contributed by atoms with Crippen molar-refractivity contribution in [3.05, 3.63) is 149 Å². The van der Waals surface area contributed by atoms with Gasteiger partial charge in [-0.05, 0) is 85.1 Å². The van der Waals surface area contributed by atoms with E-state index in [1.165, 1.54) is 37.6 Å². The molecule has 0 radical (unpaired) electrons. The minimum absolute atomic E-state index is 0.0882. The molecular formula is C46H43ClF4N14O4. The van der Waals surface area contributed by atoms with E-state index in [9.17, 15) is 17.6 Å². The Kier molecular flexibility index (Phi) is 13.9. The number of nitrogens with zero attached hydrogens (tertiary/aromatic N) is 12. The smallest absolute Gasteiger partial charge is 0.240 e. The van der Waals surface area contributed by atoms with E-state index in [0.717, 1.165) is 34.9 Å². The number of imidazole rings is 2. The molecule has 8 aromatic rings. The Labute approximate surface area is 397 Å². The van der Waals surface area contributed by atoms with Crippen LogP contribution in [0.3, 0.4) is 0 Å². The lowest BCUT2D eigenvalue weighted by atomic mass is 10.0. The first kappa shape index (κ1) is 47.2. The monoisotopic (exact) mass is 966 g/mol. The maximum Gasteiger partial charge on any atom is 0.240 e. The summed E-state index contributed by atoms with van der Waals surface area (Å²) in [5.74, 6) is 1.47. The SMILES string of the molecule is CN1c2nc(Cl)ncc2OCC1c1cc(F)cc(F)c1.COc1nc(N)ccc1-n1cnc(C)c1.COc1nc(Nc2ncc3c(n2)N(C)C(c2cc(F)cc(F)c2)CO3)ccc1-n1cnc(C)c1. The van der Waals surface area contributed by atoms with Crippen LogP contribution < -0.4 is 39.8 Å². The molecule has 18 nitrogen and oxygen atoms in total. The number of methoxy groups -OCH3 is 2. The molecule has 0 fully saturated rings. The molecule has 0 aliphatic carbocycles. The van der Waals surface area contributed by atoms with Crippen LogP contribution in [0.4, 0.5) is 46.8 Å². The number of nitrogens with one attached hydrogen (secondary N) is 1. The summed E-state index contributed by atoms with van der Waals surface area (Å²) in [5, 5.41) is 3.15. The molecule has 0 amide bonds. The maximum absolute atomic E-state index is 13.8. The summed E-state index contributed by atoms with van der Waals surface area (Å²) in [4.78, 5) is 37.3. The zero-order chi connectivity index (χ0) is 48.9. The number of fused-ring (bicyclic) bond motifs is 2. The van der Waals surface area contributed by atoms with E-state index in [1.807, 2.05) is 47.5 Å². The molecule has 3 N–H and O–H groups in total. The minimum Gasteiger partial charge on any atom is -0.486 e. The van der Waals surface area contributed by atoms with Crippen molar-refractivity contribution in [2.45, 2.75) is 25.9 Å². The largest absolute Gasteiger partial charge is 0.486 e. The van der Waals surface area contributed by atoms with Crippen LogP contribution in [-0.2, 0) is 0 Å². The van der Waals surface area contributed by atoms with Crippen LogP contribution in [0, 0.1) is 37.1 Å². The molecule has 2 aromatic carbocycles. The van der Waals surface area contributed by atoms with Gasteiger partial charge < -0.3 is 48.9 Å². The normalized spacial score (nSPS) is 14.7. The lowest BCUT2D eigenvalue weighted by molar-refractivity contribution is 0.264. The number of ether oxygens (including phenoxy) is 4. The summed E-state index contributed by atoms with van der Waals surface area (Å²) in [5.41, 5.74) is 9.87. The van der Waals surface area contributed by atoms with Gasteiger partial charge in [0.2, 0.25) is 23.0 Å². The zero-order valence-electron chi connectivity index (χ0n) is 37.8. The summed E-state index contributed by atoms with van der Waals surface area (Å²) in [7, 11) is 6.65. The third-order valence-corrected chi connectivity index (χ3v) is 10.9. The molecule has 2 aliphatic rings.